The van der Waals surface area contributed by atoms with Crippen LogP contribution in [0.1, 0.15) is 50.5 Å². The zero-order valence-corrected chi connectivity index (χ0v) is 23.0. The minimum atomic E-state index is -1.38. The summed E-state index contributed by atoms with van der Waals surface area (Å²) in [7, 11) is 0. The first-order valence-electron chi connectivity index (χ1n) is 13.3. The van der Waals surface area contributed by atoms with Gasteiger partial charge in [0.25, 0.3) is 0 Å². The van der Waals surface area contributed by atoms with Crippen molar-refractivity contribution < 1.29 is 34.2 Å². The lowest BCUT2D eigenvalue weighted by Gasteiger charge is -2.25. The molecule has 41 heavy (non-hydrogen) atoms. The average Bonchev–Trinajstić information content (AvgIpc) is 2.92. The Bertz CT molecular complexity index is 1030. The number of benzene rings is 1. The summed E-state index contributed by atoms with van der Waals surface area (Å²) in [5.74, 6) is -4.83. The monoisotopic (exact) mass is 578 g/mol. The number of amides is 3. The van der Waals surface area contributed by atoms with Crippen LogP contribution in [0.15, 0.2) is 35.3 Å². The van der Waals surface area contributed by atoms with Crippen molar-refractivity contribution in [2.45, 2.75) is 75.5 Å². The zero-order valence-electron chi connectivity index (χ0n) is 23.0. The van der Waals surface area contributed by atoms with Crippen molar-refractivity contribution in [1.29, 1.82) is 0 Å². The van der Waals surface area contributed by atoms with Gasteiger partial charge in [0, 0.05) is 19.4 Å². The van der Waals surface area contributed by atoms with Crippen molar-refractivity contribution in [3.8, 4) is 0 Å². The molecule has 3 amide bonds. The number of aliphatic imine (C=N–C) groups is 1. The Hall–Kier alpha value is -4.24. The number of carbonyl (C=O) groups is 5. The molecule has 0 saturated carbocycles. The first-order chi connectivity index (χ1) is 19.4. The number of carboxylic acid groups (broad SMARTS) is 2. The molecule has 13 N–H and O–H groups in total. The number of carbonyl (C=O) groups excluding carboxylic acids is 3. The van der Waals surface area contributed by atoms with Crippen molar-refractivity contribution in [3.05, 3.63) is 35.9 Å². The SMILES string of the molecule is NCCCCC(NC(=O)C(CCC(=O)O)NC(=O)C(Cc1ccccc1)NC(=O)C(N)CCCN=C(N)N)C(=O)O. The van der Waals surface area contributed by atoms with E-state index < -0.39 is 60.2 Å². The van der Waals surface area contributed by atoms with Gasteiger partial charge < -0.3 is 49.1 Å². The summed E-state index contributed by atoms with van der Waals surface area (Å²) in [6.07, 6.45) is 1.00. The van der Waals surface area contributed by atoms with Crippen LogP contribution in [-0.2, 0) is 30.4 Å². The van der Waals surface area contributed by atoms with Crippen LogP contribution >= 0.6 is 0 Å². The fourth-order valence-corrected chi connectivity index (χ4v) is 3.82. The number of rotatable bonds is 20. The van der Waals surface area contributed by atoms with Gasteiger partial charge in [-0.15, -0.1) is 0 Å². The first-order valence-corrected chi connectivity index (χ1v) is 13.3. The van der Waals surface area contributed by atoms with Crippen LogP contribution in [0.5, 0.6) is 0 Å². The molecule has 0 spiro atoms. The Kier molecular flexibility index (Phi) is 16.1. The molecule has 0 heterocycles. The summed E-state index contributed by atoms with van der Waals surface area (Å²) in [5, 5.41) is 26.1. The lowest BCUT2D eigenvalue weighted by molar-refractivity contribution is -0.143. The van der Waals surface area contributed by atoms with Crippen LogP contribution in [0.2, 0.25) is 0 Å². The number of hydrogen-bond donors (Lipinski definition) is 9. The summed E-state index contributed by atoms with van der Waals surface area (Å²) in [5.41, 5.74) is 22.7. The molecule has 0 radical (unpaired) electrons. The molecule has 0 saturated heterocycles. The highest BCUT2D eigenvalue weighted by atomic mass is 16.4. The third-order valence-electron chi connectivity index (χ3n) is 6.06. The second-order valence-corrected chi connectivity index (χ2v) is 9.48. The van der Waals surface area contributed by atoms with Crippen molar-refractivity contribution in [2.24, 2.45) is 27.9 Å². The van der Waals surface area contributed by atoms with Gasteiger partial charge in [-0.2, -0.15) is 0 Å². The molecule has 0 fully saturated rings. The molecular formula is C26H42N8O7. The number of aliphatic carboxylic acids is 2. The molecule has 0 bridgehead atoms. The molecule has 0 aromatic heterocycles. The largest absolute Gasteiger partial charge is 0.481 e. The minimum Gasteiger partial charge on any atom is -0.481 e. The minimum absolute atomic E-state index is 0.0449. The molecule has 1 aromatic carbocycles. The summed E-state index contributed by atoms with van der Waals surface area (Å²) < 4.78 is 0. The van der Waals surface area contributed by atoms with Crippen molar-refractivity contribution in [1.82, 2.24) is 16.0 Å². The Labute approximate surface area is 238 Å². The Morgan fingerprint density at radius 2 is 1.39 bits per heavy atom. The lowest BCUT2D eigenvalue weighted by atomic mass is 10.0. The summed E-state index contributed by atoms with van der Waals surface area (Å²) in [4.78, 5) is 65.9. The van der Waals surface area contributed by atoms with Gasteiger partial charge >= 0.3 is 11.9 Å². The van der Waals surface area contributed by atoms with Gasteiger partial charge in [-0.3, -0.25) is 24.2 Å². The second kappa shape index (κ2) is 18.9. The van der Waals surface area contributed by atoms with E-state index in [1.54, 1.807) is 30.3 Å². The van der Waals surface area contributed by atoms with E-state index >= 15 is 0 Å². The van der Waals surface area contributed by atoms with E-state index in [0.29, 0.717) is 31.4 Å². The van der Waals surface area contributed by atoms with Crippen molar-refractivity contribution in [2.75, 3.05) is 13.1 Å². The molecule has 228 valence electrons. The number of nitrogens with zero attached hydrogens (tertiary/aromatic N) is 1. The highest BCUT2D eigenvalue weighted by Crippen LogP contribution is 2.08. The third kappa shape index (κ3) is 14.6. The maximum atomic E-state index is 13.4. The van der Waals surface area contributed by atoms with E-state index in [1.165, 1.54) is 0 Å². The lowest BCUT2D eigenvalue weighted by Crippen LogP contribution is -2.57. The number of unbranched alkanes of at least 4 members (excludes halogenated alkanes) is 1. The van der Waals surface area contributed by atoms with Gasteiger partial charge in [-0.1, -0.05) is 30.3 Å². The third-order valence-corrected chi connectivity index (χ3v) is 6.06. The van der Waals surface area contributed by atoms with Crippen LogP contribution in [0, 0.1) is 0 Å². The quantitative estimate of drug-likeness (QED) is 0.0470. The summed E-state index contributed by atoms with van der Waals surface area (Å²) in [6.45, 7) is 0.618. The Morgan fingerprint density at radius 3 is 1.98 bits per heavy atom. The molecule has 4 atom stereocenters. The van der Waals surface area contributed by atoms with Crippen LogP contribution in [0.25, 0.3) is 0 Å². The summed E-state index contributed by atoms with van der Waals surface area (Å²) >= 11 is 0. The first kappa shape index (κ1) is 34.8. The van der Waals surface area contributed by atoms with Gasteiger partial charge in [0.2, 0.25) is 17.7 Å². The van der Waals surface area contributed by atoms with Crippen LogP contribution in [-0.4, -0.2) is 83.1 Å². The Morgan fingerprint density at radius 1 is 0.780 bits per heavy atom. The molecule has 15 nitrogen and oxygen atoms in total. The smallest absolute Gasteiger partial charge is 0.326 e. The average molecular weight is 579 g/mol. The predicted molar refractivity (Wildman–Crippen MR) is 151 cm³/mol. The Balaban J connectivity index is 3.06. The van der Waals surface area contributed by atoms with Crippen LogP contribution < -0.4 is 38.9 Å². The van der Waals surface area contributed by atoms with Crippen LogP contribution in [0.4, 0.5) is 0 Å². The molecule has 0 aliphatic rings. The molecule has 1 aromatic rings. The zero-order chi connectivity index (χ0) is 30.8. The second-order valence-electron chi connectivity index (χ2n) is 9.48. The number of hydrogen-bond acceptors (Lipinski definition) is 8. The van der Waals surface area contributed by atoms with Gasteiger partial charge in [-0.05, 0) is 50.6 Å². The van der Waals surface area contributed by atoms with E-state index in [-0.39, 0.29) is 38.2 Å². The fourth-order valence-electron chi connectivity index (χ4n) is 3.82. The van der Waals surface area contributed by atoms with Crippen molar-refractivity contribution >= 4 is 35.6 Å². The van der Waals surface area contributed by atoms with Gasteiger partial charge in [0.05, 0.1) is 6.04 Å². The maximum absolute atomic E-state index is 13.4. The number of nitrogens with one attached hydrogen (secondary N) is 3. The number of nitrogens with two attached hydrogens (primary N) is 4. The van der Waals surface area contributed by atoms with E-state index in [4.69, 9.17) is 28.0 Å². The standard InChI is InChI=1S/C26H42N8O7/c27-13-5-4-10-19(25(40)41)33-23(38)18(11-12-21(35)36)32-24(39)20(15-16-7-2-1-3-8-16)34-22(37)17(28)9-6-14-31-26(29)30/h1-3,7-8,17-20H,4-6,9-15,27-28H2,(H,32,39)(H,33,38)(H,34,37)(H,35,36)(H,40,41)(H4,29,30,31). The summed E-state index contributed by atoms with van der Waals surface area (Å²) in [6, 6.07) is 3.99. The molecule has 0 aliphatic carbocycles. The van der Waals surface area contributed by atoms with Gasteiger partial charge in [0.1, 0.15) is 18.1 Å². The molecule has 0 aliphatic heterocycles. The fraction of sp³-hybridized carbons (Fsp3) is 0.538. The molecular weight excluding hydrogens is 536 g/mol. The maximum Gasteiger partial charge on any atom is 0.326 e. The van der Waals surface area contributed by atoms with E-state index in [0.717, 1.165) is 0 Å². The molecule has 1 rings (SSSR count). The van der Waals surface area contributed by atoms with E-state index in [2.05, 4.69) is 20.9 Å². The van der Waals surface area contributed by atoms with Gasteiger partial charge in [0.15, 0.2) is 5.96 Å². The highest BCUT2D eigenvalue weighted by molar-refractivity contribution is 5.94. The van der Waals surface area contributed by atoms with Crippen LogP contribution in [0.3, 0.4) is 0 Å². The van der Waals surface area contributed by atoms with E-state index in [1.807, 2.05) is 0 Å². The number of carboxylic acids is 2. The molecule has 4 unspecified atom stereocenters. The normalized spacial score (nSPS) is 13.6. The topological polar surface area (TPSA) is 278 Å². The van der Waals surface area contributed by atoms with Crippen molar-refractivity contribution in [3.63, 3.8) is 0 Å². The van der Waals surface area contributed by atoms with Gasteiger partial charge in [-0.25, -0.2) is 4.79 Å². The number of guanidine groups is 1. The predicted octanol–water partition coefficient (Wildman–Crippen LogP) is -1.86. The highest BCUT2D eigenvalue weighted by Gasteiger charge is 2.30. The van der Waals surface area contributed by atoms with E-state index in [9.17, 15) is 29.1 Å². The molecule has 15 heteroatoms.